The van der Waals surface area contributed by atoms with Crippen molar-refractivity contribution in [3.8, 4) is 0 Å². The minimum atomic E-state index is -2.45. The largest absolute Gasteiger partial charge is 0.329 e. The van der Waals surface area contributed by atoms with E-state index >= 15 is 0 Å². The van der Waals surface area contributed by atoms with Crippen LogP contribution in [0.4, 0.5) is 14.7 Å². The molecule has 0 aromatic carbocycles. The lowest BCUT2D eigenvalue weighted by Gasteiger charge is -2.41. The van der Waals surface area contributed by atoms with E-state index in [0.717, 1.165) is 47.8 Å². The molecule has 0 radical (unpaired) electrons. The van der Waals surface area contributed by atoms with E-state index in [1.807, 2.05) is 19.1 Å². The highest BCUT2D eigenvalue weighted by atomic mass is 19.3. The van der Waals surface area contributed by atoms with Crippen LogP contribution in [0.25, 0.3) is 11.2 Å². The predicted molar refractivity (Wildman–Crippen MR) is 83.5 cm³/mol. The van der Waals surface area contributed by atoms with Gasteiger partial charge in [0.05, 0.1) is 6.04 Å². The van der Waals surface area contributed by atoms with Crippen molar-refractivity contribution in [3.05, 3.63) is 29.1 Å². The lowest BCUT2D eigenvalue weighted by atomic mass is 9.75. The monoisotopic (exact) mass is 316 g/mol. The quantitative estimate of drug-likeness (QED) is 0.903. The number of halogens is 2. The van der Waals surface area contributed by atoms with Crippen LogP contribution in [0.2, 0.25) is 0 Å². The zero-order chi connectivity index (χ0) is 15.8. The Morgan fingerprint density at radius 3 is 2.83 bits per heavy atom. The van der Waals surface area contributed by atoms with Crippen molar-refractivity contribution >= 4 is 17.1 Å². The summed E-state index contributed by atoms with van der Waals surface area (Å²) >= 11 is 0. The molecule has 2 aromatic heterocycles. The van der Waals surface area contributed by atoms with Crippen molar-refractivity contribution in [2.24, 2.45) is 5.92 Å². The van der Waals surface area contributed by atoms with Crippen LogP contribution in [-0.2, 0) is 0 Å². The van der Waals surface area contributed by atoms with Crippen LogP contribution in [0.5, 0.6) is 0 Å². The maximum absolute atomic E-state index is 13.1. The first-order chi connectivity index (χ1) is 11.0. The van der Waals surface area contributed by atoms with Crippen LogP contribution in [0.15, 0.2) is 23.4 Å². The van der Waals surface area contributed by atoms with E-state index in [2.05, 4.69) is 19.9 Å². The number of hydrogen-bond donors (Lipinski definition) is 1. The molecule has 0 amide bonds. The SMILES string of the molecule is Cc1ccc2nc3n(c2n1)C1CCC1=C(CC1CC(F)(F)C1)N3. The Hall–Kier alpha value is -1.98. The van der Waals surface area contributed by atoms with E-state index in [4.69, 9.17) is 0 Å². The van der Waals surface area contributed by atoms with Crippen molar-refractivity contribution in [2.75, 3.05) is 5.32 Å². The molecule has 1 unspecified atom stereocenters. The fraction of sp³-hybridized carbons (Fsp3) is 0.529. The number of aromatic nitrogens is 3. The summed E-state index contributed by atoms with van der Waals surface area (Å²) in [4.78, 5) is 9.29. The molecule has 2 aromatic rings. The third-order valence-electron chi connectivity index (χ3n) is 5.40. The zero-order valence-corrected chi connectivity index (χ0v) is 12.9. The van der Waals surface area contributed by atoms with Crippen LogP contribution in [0.3, 0.4) is 0 Å². The number of fused-ring (bicyclic) bond motifs is 5. The Labute approximate surface area is 132 Å². The first-order valence-corrected chi connectivity index (χ1v) is 8.22. The molecule has 0 spiro atoms. The molecule has 23 heavy (non-hydrogen) atoms. The summed E-state index contributed by atoms with van der Waals surface area (Å²) in [5.74, 6) is -1.54. The summed E-state index contributed by atoms with van der Waals surface area (Å²) in [6, 6.07) is 4.27. The Morgan fingerprint density at radius 2 is 2.13 bits per heavy atom. The van der Waals surface area contributed by atoms with E-state index < -0.39 is 5.92 Å². The Bertz CT molecular complexity index is 844. The topological polar surface area (TPSA) is 42.7 Å². The second-order valence-corrected chi connectivity index (χ2v) is 7.12. The highest BCUT2D eigenvalue weighted by Crippen LogP contribution is 2.50. The van der Waals surface area contributed by atoms with Crippen molar-refractivity contribution in [3.63, 3.8) is 0 Å². The Morgan fingerprint density at radius 1 is 1.30 bits per heavy atom. The number of nitrogens with zero attached hydrogens (tertiary/aromatic N) is 3. The summed E-state index contributed by atoms with van der Waals surface area (Å²) in [6.07, 6.45) is 2.88. The normalized spacial score (nSPS) is 25.4. The molecule has 120 valence electrons. The third-order valence-corrected chi connectivity index (χ3v) is 5.40. The van der Waals surface area contributed by atoms with Crippen molar-refractivity contribution in [1.82, 2.24) is 14.5 Å². The van der Waals surface area contributed by atoms with Crippen LogP contribution in [-0.4, -0.2) is 20.5 Å². The average molecular weight is 316 g/mol. The lowest BCUT2D eigenvalue weighted by molar-refractivity contribution is -0.109. The average Bonchev–Trinajstić information content (AvgIpc) is 2.73. The van der Waals surface area contributed by atoms with Gasteiger partial charge in [0.25, 0.3) is 0 Å². The van der Waals surface area contributed by atoms with E-state index in [-0.39, 0.29) is 18.8 Å². The first-order valence-electron chi connectivity index (χ1n) is 8.22. The number of hydrogen-bond acceptors (Lipinski definition) is 3. The van der Waals surface area contributed by atoms with Crippen LogP contribution >= 0.6 is 0 Å². The molecular formula is C17H18F2N4. The van der Waals surface area contributed by atoms with Crippen molar-refractivity contribution < 1.29 is 8.78 Å². The van der Waals surface area contributed by atoms with Gasteiger partial charge < -0.3 is 5.32 Å². The third kappa shape index (κ3) is 1.93. The van der Waals surface area contributed by atoms with Crippen molar-refractivity contribution in [1.29, 1.82) is 0 Å². The van der Waals surface area contributed by atoms with Crippen molar-refractivity contribution in [2.45, 2.75) is 51.0 Å². The molecule has 1 N–H and O–H groups in total. The molecule has 2 aliphatic carbocycles. The number of rotatable bonds is 2. The summed E-state index contributed by atoms with van der Waals surface area (Å²) in [7, 11) is 0. The molecule has 2 fully saturated rings. The van der Waals surface area contributed by atoms with Gasteiger partial charge in [0.1, 0.15) is 5.52 Å². The molecule has 2 saturated carbocycles. The zero-order valence-electron chi connectivity index (χ0n) is 12.9. The lowest BCUT2D eigenvalue weighted by Crippen LogP contribution is -2.37. The van der Waals surface area contributed by atoms with Gasteiger partial charge in [-0.3, -0.25) is 4.57 Å². The number of aryl methyl sites for hydroxylation is 1. The molecule has 3 aliphatic rings. The summed E-state index contributed by atoms with van der Waals surface area (Å²) in [6.45, 7) is 1.98. The molecule has 3 heterocycles. The first kappa shape index (κ1) is 13.5. The van der Waals surface area contributed by atoms with Crippen LogP contribution in [0.1, 0.15) is 43.8 Å². The van der Waals surface area contributed by atoms with Gasteiger partial charge >= 0.3 is 0 Å². The highest BCUT2D eigenvalue weighted by Gasteiger charge is 2.46. The minimum absolute atomic E-state index is 0.0211. The van der Waals surface area contributed by atoms with Gasteiger partial charge in [0, 0.05) is 24.2 Å². The molecule has 4 nitrogen and oxygen atoms in total. The highest BCUT2D eigenvalue weighted by molar-refractivity contribution is 5.77. The van der Waals surface area contributed by atoms with E-state index in [9.17, 15) is 8.78 Å². The second-order valence-electron chi connectivity index (χ2n) is 7.12. The number of imidazole rings is 1. The Kier molecular flexibility index (Phi) is 2.52. The van der Waals surface area contributed by atoms with Gasteiger partial charge in [-0.2, -0.15) is 0 Å². The number of nitrogens with one attached hydrogen (secondary N) is 1. The number of allylic oxidation sites excluding steroid dienone is 2. The van der Waals surface area contributed by atoms with E-state index in [1.165, 1.54) is 5.57 Å². The predicted octanol–water partition coefficient (Wildman–Crippen LogP) is 4.19. The smallest absolute Gasteiger partial charge is 0.248 e. The summed E-state index contributed by atoms with van der Waals surface area (Å²) in [5, 5.41) is 3.41. The number of anilines is 1. The minimum Gasteiger partial charge on any atom is -0.329 e. The van der Waals surface area contributed by atoms with Gasteiger partial charge in [-0.15, -0.1) is 0 Å². The maximum atomic E-state index is 13.1. The number of alkyl halides is 2. The molecule has 0 bridgehead atoms. The standard InChI is InChI=1S/C17H18F2N4/c1-9-2-4-12-15(20-9)23-14-5-3-11(14)13(22-16(23)21-12)6-10-7-17(18,19)8-10/h2,4,10,14H,3,5-8H2,1H3,(H,21,22). The van der Waals surface area contributed by atoms with E-state index in [1.54, 1.807) is 0 Å². The summed E-state index contributed by atoms with van der Waals surface area (Å²) < 4.78 is 28.4. The van der Waals surface area contributed by atoms with E-state index in [0.29, 0.717) is 6.04 Å². The van der Waals surface area contributed by atoms with Crippen LogP contribution < -0.4 is 5.32 Å². The van der Waals surface area contributed by atoms with Gasteiger partial charge in [0.2, 0.25) is 11.9 Å². The molecule has 1 aliphatic heterocycles. The molecular weight excluding hydrogens is 298 g/mol. The molecule has 5 rings (SSSR count). The molecule has 0 saturated heterocycles. The fourth-order valence-corrected chi connectivity index (χ4v) is 4.12. The number of pyridine rings is 1. The fourth-order valence-electron chi connectivity index (χ4n) is 4.12. The van der Waals surface area contributed by atoms with Gasteiger partial charge in [-0.1, -0.05) is 0 Å². The van der Waals surface area contributed by atoms with Gasteiger partial charge in [-0.05, 0) is 49.8 Å². The Balaban J connectivity index is 1.49. The van der Waals surface area contributed by atoms with Gasteiger partial charge in [-0.25, -0.2) is 18.7 Å². The second kappa shape index (κ2) is 4.30. The summed E-state index contributed by atoms with van der Waals surface area (Å²) in [5.41, 5.74) is 5.27. The molecule has 1 atom stereocenters. The maximum Gasteiger partial charge on any atom is 0.248 e. The van der Waals surface area contributed by atoms with Gasteiger partial charge in [0.15, 0.2) is 5.65 Å². The van der Waals surface area contributed by atoms with Crippen LogP contribution in [0, 0.1) is 12.8 Å². The molecule has 6 heteroatoms.